The quantitative estimate of drug-likeness (QED) is 0.714. The number of hydrogen-bond donors (Lipinski definition) is 0. The van der Waals surface area contributed by atoms with Gasteiger partial charge in [0.1, 0.15) is 0 Å². The summed E-state index contributed by atoms with van der Waals surface area (Å²) in [5, 5.41) is 9.32. The molecule has 3 rings (SSSR count). The van der Waals surface area contributed by atoms with E-state index in [9.17, 15) is 0 Å². The number of pyridine rings is 1. The number of fused-ring (bicyclic) bond motifs is 1. The zero-order chi connectivity index (χ0) is 14.7. The van der Waals surface area contributed by atoms with Crippen molar-refractivity contribution in [2.45, 2.75) is 23.7 Å². The number of halogens is 1. The Morgan fingerprint density at radius 3 is 3.00 bits per heavy atom. The van der Waals surface area contributed by atoms with Gasteiger partial charge >= 0.3 is 6.01 Å². The normalized spacial score (nSPS) is 11.0. The lowest BCUT2D eigenvalue weighted by Gasteiger charge is -2.04. The van der Waals surface area contributed by atoms with Crippen LogP contribution in [0.25, 0.3) is 5.65 Å². The molecule has 108 valence electrons. The van der Waals surface area contributed by atoms with Crippen LogP contribution in [0.15, 0.2) is 34.7 Å². The predicted octanol–water partition coefficient (Wildman–Crippen LogP) is 2.51. The van der Waals surface area contributed by atoms with Crippen LogP contribution < -0.4 is 4.74 Å². The van der Waals surface area contributed by atoms with E-state index < -0.39 is 0 Å². The summed E-state index contributed by atoms with van der Waals surface area (Å²) in [7, 11) is 0. The number of ether oxygens (including phenoxy) is 1. The molecule has 0 unspecified atom stereocenters. The van der Waals surface area contributed by atoms with Crippen molar-refractivity contribution in [1.29, 1.82) is 0 Å². The summed E-state index contributed by atoms with van der Waals surface area (Å²) in [5.41, 5.74) is 0.752. The molecule has 3 aromatic rings. The van der Waals surface area contributed by atoms with E-state index >= 15 is 0 Å². The number of nitrogens with zero attached hydrogens (tertiary/aromatic N) is 6. The van der Waals surface area contributed by atoms with E-state index in [4.69, 9.17) is 16.3 Å². The molecule has 0 fully saturated rings. The Bertz CT molecular complexity index is 764. The molecule has 3 aromatic heterocycles. The third kappa shape index (κ3) is 3.22. The topological polar surface area (TPSA) is 78.1 Å². The monoisotopic (exact) mass is 322 g/mol. The summed E-state index contributed by atoms with van der Waals surface area (Å²) in [6, 6.07) is 5.88. The summed E-state index contributed by atoms with van der Waals surface area (Å²) < 4.78 is 7.22. The summed E-state index contributed by atoms with van der Waals surface area (Å²) >= 11 is 7.14. The molecule has 0 aliphatic carbocycles. The maximum absolute atomic E-state index is 5.89. The average molecular weight is 323 g/mol. The average Bonchev–Trinajstić information content (AvgIpc) is 2.88. The molecule has 9 heteroatoms. The smallest absolute Gasteiger partial charge is 0.321 e. The zero-order valence-electron chi connectivity index (χ0n) is 11.1. The molecular formula is C12H11ClN6OS. The van der Waals surface area contributed by atoms with E-state index in [-0.39, 0.29) is 11.3 Å². The summed E-state index contributed by atoms with van der Waals surface area (Å²) in [6.07, 6.45) is 2.73. The predicted molar refractivity (Wildman–Crippen MR) is 77.7 cm³/mol. The lowest BCUT2D eigenvalue weighted by Crippen LogP contribution is -2.02. The van der Waals surface area contributed by atoms with E-state index in [0.29, 0.717) is 16.9 Å². The minimum atomic E-state index is 0.0902. The van der Waals surface area contributed by atoms with Crippen LogP contribution in [0.1, 0.15) is 13.3 Å². The molecule has 0 saturated carbocycles. The lowest BCUT2D eigenvalue weighted by molar-refractivity contribution is 0.288. The van der Waals surface area contributed by atoms with Crippen LogP contribution in [0.3, 0.4) is 0 Å². The summed E-state index contributed by atoms with van der Waals surface area (Å²) in [4.78, 5) is 12.2. The Labute approximate surface area is 129 Å². The molecule has 0 amide bonds. The first-order valence-corrected chi connectivity index (χ1v) is 7.47. The molecule has 0 bridgehead atoms. The van der Waals surface area contributed by atoms with Crippen LogP contribution in [0.5, 0.6) is 6.01 Å². The Kier molecular flexibility index (Phi) is 4.16. The first-order valence-electron chi connectivity index (χ1n) is 6.28. The minimum Gasteiger partial charge on any atom is -0.463 e. The van der Waals surface area contributed by atoms with Gasteiger partial charge < -0.3 is 4.74 Å². The van der Waals surface area contributed by atoms with Gasteiger partial charge in [0.05, 0.1) is 6.61 Å². The molecular weight excluding hydrogens is 312 g/mol. The first kappa shape index (κ1) is 14.0. The second-order valence-electron chi connectivity index (χ2n) is 4.03. The van der Waals surface area contributed by atoms with Crippen molar-refractivity contribution in [3.05, 3.63) is 29.7 Å². The van der Waals surface area contributed by atoms with Gasteiger partial charge in [0.25, 0.3) is 0 Å². The number of aromatic nitrogens is 6. The Balaban J connectivity index is 1.88. The fourth-order valence-corrected chi connectivity index (χ4v) is 2.54. The van der Waals surface area contributed by atoms with Gasteiger partial charge in [-0.15, -0.1) is 10.2 Å². The van der Waals surface area contributed by atoms with Crippen LogP contribution in [0.4, 0.5) is 0 Å². The first-order chi connectivity index (χ1) is 10.3. The minimum absolute atomic E-state index is 0.0902. The van der Waals surface area contributed by atoms with Gasteiger partial charge in [-0.3, -0.25) is 4.40 Å². The van der Waals surface area contributed by atoms with E-state index in [1.54, 1.807) is 0 Å². The van der Waals surface area contributed by atoms with Gasteiger partial charge in [-0.1, -0.05) is 13.0 Å². The van der Waals surface area contributed by atoms with Crippen molar-refractivity contribution in [2.24, 2.45) is 0 Å². The van der Waals surface area contributed by atoms with Gasteiger partial charge in [-0.05, 0) is 41.9 Å². The highest BCUT2D eigenvalue weighted by Gasteiger charge is 2.12. The Morgan fingerprint density at radius 2 is 2.14 bits per heavy atom. The van der Waals surface area contributed by atoms with Gasteiger partial charge in [0, 0.05) is 6.20 Å². The standard InChI is InChI=1S/C12H11ClN6OS/c1-2-7-20-10-14-9(13)15-11(16-10)21-12-18-17-8-5-3-4-6-19(8)12/h3-6H,2,7H2,1H3. The summed E-state index contributed by atoms with van der Waals surface area (Å²) in [6.45, 7) is 2.53. The zero-order valence-corrected chi connectivity index (χ0v) is 12.7. The maximum atomic E-state index is 5.89. The molecule has 7 nitrogen and oxygen atoms in total. The Morgan fingerprint density at radius 1 is 1.24 bits per heavy atom. The van der Waals surface area contributed by atoms with Crippen LogP contribution in [0, 0.1) is 0 Å². The fourth-order valence-electron chi connectivity index (χ4n) is 1.59. The molecule has 21 heavy (non-hydrogen) atoms. The third-order valence-electron chi connectivity index (χ3n) is 2.47. The molecule has 0 aromatic carbocycles. The number of rotatable bonds is 5. The van der Waals surface area contributed by atoms with E-state index in [1.165, 1.54) is 11.8 Å². The third-order valence-corrected chi connectivity index (χ3v) is 3.46. The second kappa shape index (κ2) is 6.23. The lowest BCUT2D eigenvalue weighted by atomic mass is 10.5. The summed E-state index contributed by atoms with van der Waals surface area (Å²) in [5.74, 6) is 0. The van der Waals surface area contributed by atoms with Crippen LogP contribution in [0.2, 0.25) is 5.28 Å². The maximum Gasteiger partial charge on any atom is 0.321 e. The van der Waals surface area contributed by atoms with Gasteiger partial charge in [0.15, 0.2) is 5.65 Å². The Hall–Kier alpha value is -1.93. The fraction of sp³-hybridized carbons (Fsp3) is 0.250. The van der Waals surface area contributed by atoms with E-state index in [2.05, 4.69) is 25.1 Å². The van der Waals surface area contributed by atoms with Crippen molar-refractivity contribution in [1.82, 2.24) is 29.5 Å². The van der Waals surface area contributed by atoms with Crippen LogP contribution >= 0.6 is 23.4 Å². The number of hydrogen-bond acceptors (Lipinski definition) is 7. The molecule has 0 N–H and O–H groups in total. The van der Waals surface area contributed by atoms with Crippen molar-refractivity contribution in [3.63, 3.8) is 0 Å². The molecule has 0 radical (unpaired) electrons. The van der Waals surface area contributed by atoms with Gasteiger partial charge in [-0.25, -0.2) is 0 Å². The van der Waals surface area contributed by atoms with E-state index in [1.807, 2.05) is 35.7 Å². The molecule has 0 spiro atoms. The molecule has 0 aliphatic heterocycles. The van der Waals surface area contributed by atoms with Crippen molar-refractivity contribution in [3.8, 4) is 6.01 Å². The highest BCUT2D eigenvalue weighted by molar-refractivity contribution is 7.99. The van der Waals surface area contributed by atoms with Crippen LogP contribution in [-0.4, -0.2) is 36.2 Å². The SMILES string of the molecule is CCCOc1nc(Cl)nc(Sc2nnc3ccccn23)n1. The highest BCUT2D eigenvalue weighted by atomic mass is 35.5. The molecule has 0 atom stereocenters. The van der Waals surface area contributed by atoms with Crippen molar-refractivity contribution >= 4 is 29.0 Å². The molecule has 0 aliphatic rings. The van der Waals surface area contributed by atoms with Crippen molar-refractivity contribution < 1.29 is 4.74 Å². The molecule has 0 saturated heterocycles. The largest absolute Gasteiger partial charge is 0.463 e. The van der Waals surface area contributed by atoms with Crippen molar-refractivity contribution in [2.75, 3.05) is 6.61 Å². The molecule has 3 heterocycles. The van der Waals surface area contributed by atoms with Gasteiger partial charge in [0.2, 0.25) is 15.6 Å². The highest BCUT2D eigenvalue weighted by Crippen LogP contribution is 2.25. The van der Waals surface area contributed by atoms with Gasteiger partial charge in [-0.2, -0.15) is 15.0 Å². The second-order valence-corrected chi connectivity index (χ2v) is 5.30. The van der Waals surface area contributed by atoms with Crippen LogP contribution in [-0.2, 0) is 0 Å². The van der Waals surface area contributed by atoms with E-state index in [0.717, 1.165) is 12.1 Å².